The van der Waals surface area contributed by atoms with Gasteiger partial charge in [0.25, 0.3) is 0 Å². The van der Waals surface area contributed by atoms with Crippen molar-refractivity contribution in [3.8, 4) is 0 Å². The molecule has 2 fully saturated rings. The van der Waals surface area contributed by atoms with Crippen LogP contribution in [0.2, 0.25) is 0 Å². The van der Waals surface area contributed by atoms with E-state index in [2.05, 4.69) is 45.5 Å². The van der Waals surface area contributed by atoms with Crippen molar-refractivity contribution in [2.24, 2.45) is 5.41 Å². The van der Waals surface area contributed by atoms with Crippen LogP contribution < -0.4 is 5.32 Å². The van der Waals surface area contributed by atoms with Gasteiger partial charge in [0.2, 0.25) is 0 Å². The van der Waals surface area contributed by atoms with Gasteiger partial charge in [0.05, 0.1) is 0 Å². The van der Waals surface area contributed by atoms with E-state index < -0.39 is 0 Å². The molecule has 1 saturated heterocycles. The first-order chi connectivity index (χ1) is 8.30. The van der Waals surface area contributed by atoms with E-state index >= 15 is 0 Å². The summed E-state index contributed by atoms with van der Waals surface area (Å²) in [7, 11) is 0. The van der Waals surface area contributed by atoms with Crippen LogP contribution in [-0.2, 0) is 0 Å². The number of hydrogen-bond acceptors (Lipinski definition) is 1. The predicted molar refractivity (Wildman–Crippen MR) is 75.3 cm³/mol. The minimum Gasteiger partial charge on any atom is -0.316 e. The number of benzene rings is 1. The summed E-state index contributed by atoms with van der Waals surface area (Å²) in [4.78, 5) is 0. The van der Waals surface area contributed by atoms with E-state index in [-0.39, 0.29) is 0 Å². The van der Waals surface area contributed by atoms with Gasteiger partial charge in [-0.2, -0.15) is 0 Å². The van der Waals surface area contributed by atoms with Gasteiger partial charge in [-0.05, 0) is 36.0 Å². The van der Waals surface area contributed by atoms with Gasteiger partial charge in [0.15, 0.2) is 0 Å². The fourth-order valence-electron chi connectivity index (χ4n) is 3.78. The number of rotatable bonds is 1. The van der Waals surface area contributed by atoms with Crippen LogP contribution in [0, 0.1) is 5.41 Å². The molecule has 1 heterocycles. The lowest BCUT2D eigenvalue weighted by Crippen LogP contribution is -2.31. The highest BCUT2D eigenvalue weighted by Gasteiger charge is 2.43. The Morgan fingerprint density at radius 2 is 2.00 bits per heavy atom. The van der Waals surface area contributed by atoms with Gasteiger partial charge in [-0.15, -0.1) is 0 Å². The Bertz CT molecular complexity index is 396. The lowest BCUT2D eigenvalue weighted by Gasteiger charge is -2.38. The van der Waals surface area contributed by atoms with E-state index in [4.69, 9.17) is 0 Å². The Hall–Kier alpha value is -0.340. The summed E-state index contributed by atoms with van der Waals surface area (Å²) >= 11 is 3.60. The van der Waals surface area contributed by atoms with Gasteiger partial charge < -0.3 is 5.32 Å². The molecule has 1 unspecified atom stereocenters. The molecule has 1 N–H and O–H groups in total. The van der Waals surface area contributed by atoms with E-state index in [0.717, 1.165) is 12.5 Å². The molecule has 0 aromatic heterocycles. The molecule has 2 aliphatic rings. The second-order valence-corrected chi connectivity index (χ2v) is 6.58. The molecule has 1 aromatic carbocycles. The summed E-state index contributed by atoms with van der Waals surface area (Å²) in [6.07, 6.45) is 7.11. The van der Waals surface area contributed by atoms with Crippen molar-refractivity contribution in [3.63, 3.8) is 0 Å². The maximum Gasteiger partial charge on any atom is 0.0178 e. The van der Waals surface area contributed by atoms with Crippen LogP contribution in [0.3, 0.4) is 0 Å². The van der Waals surface area contributed by atoms with Crippen LogP contribution in [-0.4, -0.2) is 13.1 Å². The fraction of sp³-hybridized carbons (Fsp3) is 0.600. The summed E-state index contributed by atoms with van der Waals surface area (Å²) in [6, 6.07) is 8.92. The zero-order valence-corrected chi connectivity index (χ0v) is 11.8. The first-order valence-corrected chi connectivity index (χ1v) is 7.56. The average Bonchev–Trinajstić information content (AvgIpc) is 2.73. The van der Waals surface area contributed by atoms with Gasteiger partial charge in [0, 0.05) is 23.5 Å². The smallest absolute Gasteiger partial charge is 0.0178 e. The van der Waals surface area contributed by atoms with E-state index in [9.17, 15) is 0 Å². The summed E-state index contributed by atoms with van der Waals surface area (Å²) < 4.78 is 1.22. The summed E-state index contributed by atoms with van der Waals surface area (Å²) in [5.74, 6) is 0.722. The lowest BCUT2D eigenvalue weighted by atomic mass is 9.66. The second kappa shape index (κ2) is 4.74. The van der Waals surface area contributed by atoms with Gasteiger partial charge in [-0.25, -0.2) is 0 Å². The molecular formula is C15H20BrN. The standard InChI is InChI=1S/C15H20BrN/c16-13-6-4-5-12(9-13)14-10-17-11-15(14)7-2-1-3-8-15/h4-6,9,14,17H,1-3,7-8,10-11H2. The molecule has 1 aliphatic heterocycles. The molecule has 0 radical (unpaired) electrons. The van der Waals surface area contributed by atoms with Crippen LogP contribution in [0.15, 0.2) is 28.7 Å². The van der Waals surface area contributed by atoms with Crippen LogP contribution in [0.5, 0.6) is 0 Å². The highest BCUT2D eigenvalue weighted by atomic mass is 79.9. The molecule has 1 aliphatic carbocycles. The first kappa shape index (κ1) is 11.7. The van der Waals surface area contributed by atoms with Crippen molar-refractivity contribution in [3.05, 3.63) is 34.3 Å². The number of hydrogen-bond donors (Lipinski definition) is 1. The molecule has 17 heavy (non-hydrogen) atoms. The highest BCUT2D eigenvalue weighted by molar-refractivity contribution is 9.10. The van der Waals surface area contributed by atoms with E-state index in [1.807, 2.05) is 0 Å². The van der Waals surface area contributed by atoms with Crippen molar-refractivity contribution in [2.75, 3.05) is 13.1 Å². The quantitative estimate of drug-likeness (QED) is 0.822. The van der Waals surface area contributed by atoms with Crippen molar-refractivity contribution in [1.82, 2.24) is 5.32 Å². The zero-order valence-electron chi connectivity index (χ0n) is 10.2. The summed E-state index contributed by atoms with van der Waals surface area (Å²) in [6.45, 7) is 2.39. The monoisotopic (exact) mass is 293 g/mol. The minimum absolute atomic E-state index is 0.555. The maximum atomic E-state index is 3.64. The third-order valence-electron chi connectivity index (χ3n) is 4.67. The summed E-state index contributed by atoms with van der Waals surface area (Å²) in [5.41, 5.74) is 2.07. The van der Waals surface area contributed by atoms with Crippen molar-refractivity contribution < 1.29 is 0 Å². The van der Waals surface area contributed by atoms with Crippen molar-refractivity contribution >= 4 is 15.9 Å². The Balaban J connectivity index is 1.91. The Kier molecular flexibility index (Phi) is 3.27. The molecule has 1 saturated carbocycles. The molecule has 2 heteroatoms. The Labute approximate surface area is 112 Å². The van der Waals surface area contributed by atoms with E-state index in [1.54, 1.807) is 0 Å². The average molecular weight is 294 g/mol. The molecule has 92 valence electrons. The SMILES string of the molecule is Brc1cccc(C2CNCC23CCCCC3)c1. The van der Waals surface area contributed by atoms with Crippen LogP contribution in [0.4, 0.5) is 0 Å². The normalized spacial score (nSPS) is 27.5. The molecule has 1 spiro atoms. The van der Waals surface area contributed by atoms with Crippen LogP contribution >= 0.6 is 15.9 Å². The van der Waals surface area contributed by atoms with Gasteiger partial charge in [-0.1, -0.05) is 47.3 Å². The number of nitrogens with one attached hydrogen (secondary N) is 1. The molecule has 1 aromatic rings. The highest BCUT2D eigenvalue weighted by Crippen LogP contribution is 2.49. The maximum absolute atomic E-state index is 3.64. The van der Waals surface area contributed by atoms with Crippen LogP contribution in [0.25, 0.3) is 0 Å². The molecule has 1 atom stereocenters. The lowest BCUT2D eigenvalue weighted by molar-refractivity contribution is 0.189. The summed E-state index contributed by atoms with van der Waals surface area (Å²) in [5, 5.41) is 3.64. The molecule has 0 amide bonds. The topological polar surface area (TPSA) is 12.0 Å². The third kappa shape index (κ3) is 2.17. The molecule has 1 nitrogen and oxygen atoms in total. The zero-order chi connectivity index (χ0) is 11.7. The second-order valence-electron chi connectivity index (χ2n) is 5.66. The largest absolute Gasteiger partial charge is 0.316 e. The van der Waals surface area contributed by atoms with Gasteiger partial charge in [-0.3, -0.25) is 0 Å². The van der Waals surface area contributed by atoms with Crippen LogP contribution in [0.1, 0.15) is 43.6 Å². The first-order valence-electron chi connectivity index (χ1n) is 6.76. The van der Waals surface area contributed by atoms with E-state index in [0.29, 0.717) is 5.41 Å². The Morgan fingerprint density at radius 3 is 2.76 bits per heavy atom. The van der Waals surface area contributed by atoms with Gasteiger partial charge in [0.1, 0.15) is 0 Å². The third-order valence-corrected chi connectivity index (χ3v) is 5.16. The van der Waals surface area contributed by atoms with Crippen molar-refractivity contribution in [2.45, 2.75) is 38.0 Å². The molecule has 3 rings (SSSR count). The Morgan fingerprint density at radius 1 is 1.18 bits per heavy atom. The minimum atomic E-state index is 0.555. The predicted octanol–water partition coefficient (Wildman–Crippen LogP) is 4.09. The van der Waals surface area contributed by atoms with E-state index in [1.165, 1.54) is 48.7 Å². The fourth-order valence-corrected chi connectivity index (χ4v) is 4.20. The van der Waals surface area contributed by atoms with Crippen molar-refractivity contribution in [1.29, 1.82) is 0 Å². The molecule has 0 bridgehead atoms. The number of halogens is 1. The van der Waals surface area contributed by atoms with Gasteiger partial charge >= 0.3 is 0 Å². The molecular weight excluding hydrogens is 274 g/mol.